The second-order valence-electron chi connectivity index (χ2n) is 5.58. The van der Waals surface area contributed by atoms with Crippen LogP contribution < -0.4 is 10.2 Å². The van der Waals surface area contributed by atoms with Crippen molar-refractivity contribution in [3.05, 3.63) is 47.2 Å². The summed E-state index contributed by atoms with van der Waals surface area (Å²) in [6.45, 7) is 0.576. The molecule has 1 saturated heterocycles. The lowest BCUT2D eigenvalue weighted by Crippen LogP contribution is -2.42. The predicted molar refractivity (Wildman–Crippen MR) is 87.3 cm³/mol. The largest absolute Gasteiger partial charge is 0.344 e. The summed E-state index contributed by atoms with van der Waals surface area (Å²) >= 11 is 5.91. The van der Waals surface area contributed by atoms with Gasteiger partial charge in [-0.15, -0.1) is 0 Å². The van der Waals surface area contributed by atoms with Crippen LogP contribution in [0, 0.1) is 0 Å². The lowest BCUT2D eigenvalue weighted by Gasteiger charge is -2.15. The molecular formula is C16H17ClN4O2. The van der Waals surface area contributed by atoms with Crippen LogP contribution in [0.4, 0.5) is 5.69 Å². The lowest BCUT2D eigenvalue weighted by molar-refractivity contribution is -0.126. The molecule has 0 aliphatic carbocycles. The van der Waals surface area contributed by atoms with Crippen LogP contribution in [0.1, 0.15) is 12.0 Å². The Kier molecular flexibility index (Phi) is 4.34. The molecule has 0 saturated carbocycles. The zero-order chi connectivity index (χ0) is 16.4. The van der Waals surface area contributed by atoms with Crippen LogP contribution in [-0.2, 0) is 23.1 Å². The standard InChI is InChI=1S/C16H17ClN4O2/c1-20-10-13(9-18-20)21-6-5-14(16(21)23)19-15(22)8-11-3-2-4-12(17)7-11/h2-4,7,9-10,14H,5-6,8H2,1H3,(H,19,22)/t14-/m0/s1. The molecule has 1 N–H and O–H groups in total. The van der Waals surface area contributed by atoms with Crippen molar-refractivity contribution >= 4 is 29.1 Å². The van der Waals surface area contributed by atoms with E-state index >= 15 is 0 Å². The lowest BCUT2D eigenvalue weighted by atomic mass is 10.1. The van der Waals surface area contributed by atoms with Crippen LogP contribution in [0.15, 0.2) is 36.7 Å². The molecule has 1 aliphatic heterocycles. The number of anilines is 1. The van der Waals surface area contributed by atoms with E-state index in [0.717, 1.165) is 11.3 Å². The third kappa shape index (κ3) is 3.53. The summed E-state index contributed by atoms with van der Waals surface area (Å²) in [4.78, 5) is 26.2. The smallest absolute Gasteiger partial charge is 0.249 e. The summed E-state index contributed by atoms with van der Waals surface area (Å²) in [7, 11) is 1.80. The van der Waals surface area contributed by atoms with Crippen molar-refractivity contribution in [3.63, 3.8) is 0 Å². The zero-order valence-corrected chi connectivity index (χ0v) is 13.5. The molecule has 7 heteroatoms. The van der Waals surface area contributed by atoms with Gasteiger partial charge in [0.2, 0.25) is 11.8 Å². The van der Waals surface area contributed by atoms with Gasteiger partial charge in [0.25, 0.3) is 0 Å². The van der Waals surface area contributed by atoms with Gasteiger partial charge in [0.1, 0.15) is 6.04 Å². The summed E-state index contributed by atoms with van der Waals surface area (Å²) in [5.41, 5.74) is 1.58. The topological polar surface area (TPSA) is 67.2 Å². The van der Waals surface area contributed by atoms with Crippen molar-refractivity contribution in [3.8, 4) is 0 Å². The molecule has 1 aromatic heterocycles. The van der Waals surface area contributed by atoms with Crippen molar-refractivity contribution in [2.45, 2.75) is 18.9 Å². The van der Waals surface area contributed by atoms with E-state index in [0.29, 0.717) is 18.0 Å². The highest BCUT2D eigenvalue weighted by atomic mass is 35.5. The Labute approximate surface area is 139 Å². The number of hydrogen-bond acceptors (Lipinski definition) is 3. The molecule has 0 unspecified atom stereocenters. The fourth-order valence-corrected chi connectivity index (χ4v) is 2.91. The van der Waals surface area contributed by atoms with Crippen LogP contribution in [0.25, 0.3) is 0 Å². The first kappa shape index (κ1) is 15.6. The Bertz CT molecular complexity index is 743. The molecule has 2 amide bonds. The number of nitrogens with one attached hydrogen (secondary N) is 1. The number of halogens is 1. The van der Waals surface area contributed by atoms with Gasteiger partial charge < -0.3 is 10.2 Å². The third-order valence-electron chi connectivity index (χ3n) is 3.80. The van der Waals surface area contributed by atoms with Gasteiger partial charge in [0, 0.05) is 24.8 Å². The molecule has 1 aromatic carbocycles. The maximum atomic E-state index is 12.4. The minimum Gasteiger partial charge on any atom is -0.344 e. The van der Waals surface area contributed by atoms with E-state index in [2.05, 4.69) is 10.4 Å². The molecule has 1 aliphatic rings. The monoisotopic (exact) mass is 332 g/mol. The van der Waals surface area contributed by atoms with E-state index < -0.39 is 6.04 Å². The Morgan fingerprint density at radius 3 is 3.00 bits per heavy atom. The van der Waals surface area contributed by atoms with E-state index in [1.807, 2.05) is 6.07 Å². The highest BCUT2D eigenvalue weighted by Crippen LogP contribution is 2.20. The van der Waals surface area contributed by atoms with Crippen LogP contribution >= 0.6 is 11.6 Å². The minimum absolute atomic E-state index is 0.0996. The first-order valence-corrected chi connectivity index (χ1v) is 7.74. The number of rotatable bonds is 4. The Morgan fingerprint density at radius 1 is 1.48 bits per heavy atom. The quantitative estimate of drug-likeness (QED) is 0.923. The van der Waals surface area contributed by atoms with Gasteiger partial charge in [-0.3, -0.25) is 14.3 Å². The van der Waals surface area contributed by atoms with Crippen LogP contribution in [0.2, 0.25) is 5.02 Å². The van der Waals surface area contributed by atoms with E-state index in [9.17, 15) is 9.59 Å². The van der Waals surface area contributed by atoms with Crippen molar-refractivity contribution < 1.29 is 9.59 Å². The highest BCUT2D eigenvalue weighted by molar-refractivity contribution is 6.30. The molecule has 2 heterocycles. The van der Waals surface area contributed by atoms with Gasteiger partial charge in [0.15, 0.2) is 0 Å². The van der Waals surface area contributed by atoms with Gasteiger partial charge in [-0.25, -0.2) is 0 Å². The SMILES string of the molecule is Cn1cc(N2CC[C@H](NC(=O)Cc3cccc(Cl)c3)C2=O)cn1. The third-order valence-corrected chi connectivity index (χ3v) is 4.03. The van der Waals surface area contributed by atoms with Gasteiger partial charge in [0.05, 0.1) is 18.3 Å². The molecule has 1 atom stereocenters. The molecule has 120 valence electrons. The van der Waals surface area contributed by atoms with Gasteiger partial charge in [-0.05, 0) is 24.1 Å². The fourth-order valence-electron chi connectivity index (χ4n) is 2.70. The molecule has 2 aromatic rings. The van der Waals surface area contributed by atoms with E-state index in [-0.39, 0.29) is 18.2 Å². The maximum absolute atomic E-state index is 12.4. The number of carbonyl (C=O) groups excluding carboxylic acids is 2. The fraction of sp³-hybridized carbons (Fsp3) is 0.312. The zero-order valence-electron chi connectivity index (χ0n) is 12.7. The van der Waals surface area contributed by atoms with Crippen LogP contribution in [0.3, 0.4) is 0 Å². The van der Waals surface area contributed by atoms with Crippen molar-refractivity contribution in [2.75, 3.05) is 11.4 Å². The number of nitrogens with zero attached hydrogens (tertiary/aromatic N) is 3. The molecule has 6 nitrogen and oxygen atoms in total. The summed E-state index contributed by atoms with van der Waals surface area (Å²) in [5, 5.41) is 7.46. The normalized spacial score (nSPS) is 17.6. The van der Waals surface area contributed by atoms with Crippen LogP contribution in [-0.4, -0.2) is 34.2 Å². The Balaban J connectivity index is 1.60. The van der Waals surface area contributed by atoms with Gasteiger partial charge in [-0.2, -0.15) is 5.10 Å². The highest BCUT2D eigenvalue weighted by Gasteiger charge is 2.34. The van der Waals surface area contributed by atoms with Gasteiger partial charge in [-0.1, -0.05) is 23.7 Å². The number of benzene rings is 1. The Morgan fingerprint density at radius 2 is 2.30 bits per heavy atom. The predicted octanol–water partition coefficient (Wildman–Crippen LogP) is 1.54. The average Bonchev–Trinajstić information content (AvgIpc) is 3.06. The first-order valence-electron chi connectivity index (χ1n) is 7.37. The maximum Gasteiger partial charge on any atom is 0.249 e. The van der Waals surface area contributed by atoms with Crippen LogP contribution in [0.5, 0.6) is 0 Å². The number of amides is 2. The molecular weight excluding hydrogens is 316 g/mol. The molecule has 0 bridgehead atoms. The summed E-state index contributed by atoms with van der Waals surface area (Å²) in [6.07, 6.45) is 4.23. The minimum atomic E-state index is -0.484. The summed E-state index contributed by atoms with van der Waals surface area (Å²) < 4.78 is 1.65. The first-order chi connectivity index (χ1) is 11.0. The summed E-state index contributed by atoms with van der Waals surface area (Å²) in [5.74, 6) is -0.281. The molecule has 3 rings (SSSR count). The second-order valence-corrected chi connectivity index (χ2v) is 6.01. The van der Waals surface area contributed by atoms with Crippen molar-refractivity contribution in [1.82, 2.24) is 15.1 Å². The van der Waals surface area contributed by atoms with Crippen molar-refractivity contribution in [1.29, 1.82) is 0 Å². The number of aromatic nitrogens is 2. The van der Waals surface area contributed by atoms with E-state index in [4.69, 9.17) is 11.6 Å². The van der Waals surface area contributed by atoms with E-state index in [1.165, 1.54) is 0 Å². The molecule has 0 radical (unpaired) electrons. The number of hydrogen-bond donors (Lipinski definition) is 1. The molecule has 1 fully saturated rings. The Hall–Kier alpha value is -2.34. The van der Waals surface area contributed by atoms with E-state index in [1.54, 1.807) is 47.2 Å². The molecule has 23 heavy (non-hydrogen) atoms. The second kappa shape index (κ2) is 6.42. The average molecular weight is 333 g/mol. The van der Waals surface area contributed by atoms with Gasteiger partial charge >= 0.3 is 0 Å². The number of carbonyl (C=O) groups is 2. The summed E-state index contributed by atoms with van der Waals surface area (Å²) in [6, 6.07) is 6.66. The van der Waals surface area contributed by atoms with Crippen molar-refractivity contribution in [2.24, 2.45) is 7.05 Å². The molecule has 0 spiro atoms. The number of aryl methyl sites for hydroxylation is 1.